The minimum Gasteiger partial charge on any atom is -0.409 e. The van der Waals surface area contributed by atoms with Gasteiger partial charge in [0.15, 0.2) is 21.5 Å². The molecule has 0 saturated heterocycles. The molecule has 0 aromatic carbocycles. The van der Waals surface area contributed by atoms with Gasteiger partial charge < -0.3 is 10.1 Å². The topological polar surface area (TPSA) is 95.2 Å². The Hall–Kier alpha value is -2.90. The van der Waals surface area contributed by atoms with Gasteiger partial charge >= 0.3 is 12.4 Å². The van der Waals surface area contributed by atoms with E-state index in [0.717, 1.165) is 17.9 Å². The highest BCUT2D eigenvalue weighted by molar-refractivity contribution is 7.91. The number of halogens is 6. The van der Waals surface area contributed by atoms with Crippen molar-refractivity contribution in [1.29, 1.82) is 0 Å². The Bertz CT molecular complexity index is 1100. The third-order valence-corrected chi connectivity index (χ3v) is 5.96. The van der Waals surface area contributed by atoms with Gasteiger partial charge in [0, 0.05) is 13.2 Å². The number of alkyl halides is 6. The second-order valence-electron chi connectivity index (χ2n) is 6.16. The molecule has 170 valence electrons. The fraction of sp³-hybridized carbons (Fsp3) is 0.353. The van der Waals surface area contributed by atoms with Crippen molar-refractivity contribution < 1.29 is 40.0 Å². The van der Waals surface area contributed by atoms with Crippen LogP contribution in [0.15, 0.2) is 50.7 Å². The Morgan fingerprint density at radius 1 is 1.26 bits per heavy atom. The molecule has 0 saturated carbocycles. The van der Waals surface area contributed by atoms with Crippen molar-refractivity contribution in [2.75, 3.05) is 12.8 Å². The Kier molecular flexibility index (Phi) is 6.54. The van der Waals surface area contributed by atoms with Crippen LogP contribution in [0.4, 0.5) is 26.3 Å². The van der Waals surface area contributed by atoms with Crippen LogP contribution in [0.5, 0.6) is 0 Å². The zero-order valence-electron chi connectivity index (χ0n) is 16.2. The van der Waals surface area contributed by atoms with Crippen LogP contribution < -0.4 is 0 Å². The molecule has 1 aliphatic heterocycles. The lowest BCUT2D eigenvalue weighted by Gasteiger charge is -2.17. The number of sulfone groups is 1. The van der Waals surface area contributed by atoms with E-state index in [9.17, 15) is 40.0 Å². The summed E-state index contributed by atoms with van der Waals surface area (Å²) in [6, 6.07) is 0.377. The Balaban J connectivity index is 2.78. The summed E-state index contributed by atoms with van der Waals surface area (Å²) < 4.78 is 103. The lowest BCUT2D eigenvalue weighted by molar-refractivity contribution is -0.138. The average molecular weight is 470 g/mol. The fourth-order valence-electron chi connectivity index (χ4n) is 2.57. The van der Waals surface area contributed by atoms with Crippen molar-refractivity contribution in [1.82, 2.24) is 9.88 Å². The number of aliphatic imine (C=N–C) groups is 1. The van der Waals surface area contributed by atoms with E-state index in [1.165, 1.54) is 14.0 Å². The second kappa shape index (κ2) is 8.32. The maximum atomic E-state index is 13.1. The molecular weight excluding hydrogens is 454 g/mol. The van der Waals surface area contributed by atoms with E-state index in [2.05, 4.69) is 15.1 Å². The summed E-state index contributed by atoms with van der Waals surface area (Å²) in [6.07, 6.45) is -7.98. The van der Waals surface area contributed by atoms with E-state index in [1.54, 1.807) is 0 Å². The van der Waals surface area contributed by atoms with Crippen LogP contribution in [0.25, 0.3) is 0 Å². The number of nitrogens with zero attached hydrogens (tertiary/aromatic N) is 4. The quantitative estimate of drug-likeness (QED) is 0.411. The van der Waals surface area contributed by atoms with Crippen molar-refractivity contribution in [3.8, 4) is 0 Å². The summed E-state index contributed by atoms with van der Waals surface area (Å²) >= 11 is 0. The molecular formula is C17H16F6N4O3S. The predicted molar refractivity (Wildman–Crippen MR) is 98.4 cm³/mol. The molecule has 0 amide bonds. The number of pyridine rings is 1. The normalized spacial score (nSPS) is 18.8. The van der Waals surface area contributed by atoms with Crippen LogP contribution in [0, 0.1) is 0 Å². The molecule has 1 aliphatic rings. The smallest absolute Gasteiger partial charge is 0.409 e. The molecule has 2 rings (SSSR count). The van der Waals surface area contributed by atoms with Gasteiger partial charge in [0.05, 0.1) is 21.8 Å². The minimum atomic E-state index is -4.89. The molecule has 0 aliphatic carbocycles. The van der Waals surface area contributed by atoms with Crippen molar-refractivity contribution in [2.24, 2.45) is 10.1 Å². The minimum absolute atomic E-state index is 0.377. The van der Waals surface area contributed by atoms with Gasteiger partial charge in [-0.15, -0.1) is 0 Å². The van der Waals surface area contributed by atoms with Gasteiger partial charge in [-0.1, -0.05) is 18.2 Å². The number of allylic oxidation sites excluding steroid dienone is 3. The number of hydrogen-bond donors (Lipinski definition) is 1. The summed E-state index contributed by atoms with van der Waals surface area (Å²) in [5.74, 6) is -1.46. The summed E-state index contributed by atoms with van der Waals surface area (Å²) in [7, 11) is -3.07. The SMILES string of the molecule is C\C=C(/C=C1/N=C(c2ncc(C(F)(F)F)cc2S(=O)(=O)CC)N(C)/C1=N\O)C(F)(F)F. The molecule has 7 nitrogen and oxygen atoms in total. The highest BCUT2D eigenvalue weighted by atomic mass is 32.2. The van der Waals surface area contributed by atoms with Crippen molar-refractivity contribution in [2.45, 2.75) is 31.1 Å². The number of oxime groups is 1. The first-order valence-corrected chi connectivity index (χ1v) is 10.1. The molecule has 31 heavy (non-hydrogen) atoms. The molecule has 0 spiro atoms. The number of aromatic nitrogens is 1. The average Bonchev–Trinajstić information content (AvgIpc) is 2.98. The van der Waals surface area contributed by atoms with Gasteiger partial charge in [0.25, 0.3) is 0 Å². The molecule has 0 radical (unpaired) electrons. The largest absolute Gasteiger partial charge is 0.417 e. The van der Waals surface area contributed by atoms with E-state index >= 15 is 0 Å². The highest BCUT2D eigenvalue weighted by Gasteiger charge is 2.38. The van der Waals surface area contributed by atoms with Crippen molar-refractivity contribution >= 4 is 21.5 Å². The summed E-state index contributed by atoms with van der Waals surface area (Å²) in [5.41, 5.74) is -3.49. The van der Waals surface area contributed by atoms with Crippen LogP contribution in [0.3, 0.4) is 0 Å². The van der Waals surface area contributed by atoms with Crippen molar-refractivity contribution in [3.63, 3.8) is 0 Å². The van der Waals surface area contributed by atoms with E-state index in [1.807, 2.05) is 0 Å². The molecule has 1 aromatic rings. The molecule has 1 N–H and O–H groups in total. The molecule has 1 aromatic heterocycles. The summed E-state index contributed by atoms with van der Waals surface area (Å²) in [6.45, 7) is 2.31. The van der Waals surface area contributed by atoms with Crippen molar-refractivity contribution in [3.05, 3.63) is 46.9 Å². The standard InChI is InChI=1S/C17H16F6N4O3S/c1-4-9(16(18,19)20)6-11-14(26-28)27(3)15(25-11)13-12(31(29,30)5-2)7-10(8-24-13)17(21,22)23/h4,6-8,28H,5H2,1-3H3/b9-4+,11-6+,26-14-. The van der Waals surface area contributed by atoms with E-state index in [0.29, 0.717) is 18.3 Å². The molecule has 0 fully saturated rings. The first-order valence-electron chi connectivity index (χ1n) is 8.47. The lowest BCUT2D eigenvalue weighted by atomic mass is 10.2. The second-order valence-corrected chi connectivity index (χ2v) is 8.41. The van der Waals surface area contributed by atoms with Crippen LogP contribution in [-0.4, -0.2) is 54.2 Å². The van der Waals surface area contributed by atoms with Gasteiger partial charge in [-0.25, -0.2) is 13.4 Å². The predicted octanol–water partition coefficient (Wildman–Crippen LogP) is 3.77. The summed E-state index contributed by atoms with van der Waals surface area (Å²) in [4.78, 5) is 7.53. The maximum absolute atomic E-state index is 13.1. The third kappa shape index (κ3) is 4.89. The Morgan fingerprint density at radius 3 is 2.32 bits per heavy atom. The molecule has 0 bridgehead atoms. The first kappa shape index (κ1) is 24.4. The monoisotopic (exact) mass is 470 g/mol. The van der Waals surface area contributed by atoms with E-state index in [-0.39, 0.29) is 0 Å². The van der Waals surface area contributed by atoms with Crippen LogP contribution in [-0.2, 0) is 16.0 Å². The summed E-state index contributed by atoms with van der Waals surface area (Å²) in [5, 5.41) is 12.1. The molecule has 2 heterocycles. The number of amidine groups is 2. The first-order chi connectivity index (χ1) is 14.2. The zero-order chi connectivity index (χ0) is 23.8. The number of likely N-dealkylation sites (N-methyl/N-ethyl adjacent to an activating group) is 1. The van der Waals surface area contributed by atoms with Gasteiger partial charge in [0.1, 0.15) is 11.4 Å². The lowest BCUT2D eigenvalue weighted by Crippen LogP contribution is -2.31. The molecule has 0 unspecified atom stereocenters. The van der Waals surface area contributed by atoms with Gasteiger partial charge in [-0.3, -0.25) is 4.98 Å². The van der Waals surface area contributed by atoms with Gasteiger partial charge in [-0.2, -0.15) is 26.3 Å². The molecule has 0 atom stereocenters. The van der Waals surface area contributed by atoms with Gasteiger partial charge in [0.2, 0.25) is 0 Å². The van der Waals surface area contributed by atoms with Crippen LogP contribution in [0.1, 0.15) is 25.1 Å². The number of hydrogen-bond acceptors (Lipinski definition) is 6. The fourth-order valence-corrected chi connectivity index (χ4v) is 3.63. The zero-order valence-corrected chi connectivity index (χ0v) is 17.1. The molecule has 14 heteroatoms. The van der Waals surface area contributed by atoms with Gasteiger partial charge in [-0.05, 0) is 19.1 Å². The van der Waals surface area contributed by atoms with Crippen LogP contribution in [0.2, 0.25) is 0 Å². The maximum Gasteiger partial charge on any atom is 0.417 e. The Labute approximate surface area is 173 Å². The Morgan fingerprint density at radius 2 is 1.87 bits per heavy atom. The third-order valence-electron chi connectivity index (χ3n) is 4.22. The highest BCUT2D eigenvalue weighted by Crippen LogP contribution is 2.33. The van der Waals surface area contributed by atoms with E-state index in [4.69, 9.17) is 0 Å². The number of rotatable bonds is 4. The van der Waals surface area contributed by atoms with E-state index < -0.39 is 67.0 Å². The van der Waals surface area contributed by atoms with Crippen LogP contribution >= 0.6 is 0 Å².